The van der Waals surface area contributed by atoms with Crippen LogP contribution < -0.4 is 5.32 Å². The average Bonchev–Trinajstić information content (AvgIpc) is 2.43. The van der Waals surface area contributed by atoms with E-state index in [0.717, 1.165) is 22.2 Å². The molecule has 0 aliphatic carbocycles. The van der Waals surface area contributed by atoms with Crippen molar-refractivity contribution < 1.29 is 14.3 Å². The van der Waals surface area contributed by atoms with E-state index in [2.05, 4.69) is 10.3 Å². The molecule has 1 heterocycles. The van der Waals surface area contributed by atoms with Gasteiger partial charge in [-0.1, -0.05) is 11.6 Å². The largest absolute Gasteiger partial charge is 0.452 e. The zero-order valence-electron chi connectivity index (χ0n) is 11.7. The molecular weight excluding hydrogens is 256 g/mol. The summed E-state index contributed by atoms with van der Waals surface area (Å²) in [5.41, 5.74) is 2.93. The zero-order chi connectivity index (χ0) is 14.7. The maximum Gasteiger partial charge on any atom is 0.339 e. The summed E-state index contributed by atoms with van der Waals surface area (Å²) in [4.78, 5) is 27.6. The number of nitrogens with one attached hydrogen (secondary N) is 1. The summed E-state index contributed by atoms with van der Waals surface area (Å²) in [6, 6.07) is 7.37. The molecule has 2 aromatic rings. The molecule has 20 heavy (non-hydrogen) atoms. The Morgan fingerprint density at radius 1 is 1.25 bits per heavy atom. The number of benzene rings is 1. The van der Waals surface area contributed by atoms with Gasteiger partial charge < -0.3 is 10.1 Å². The van der Waals surface area contributed by atoms with Gasteiger partial charge in [-0.2, -0.15) is 0 Å². The number of aromatic nitrogens is 1. The number of aryl methyl sites for hydroxylation is 2. The molecule has 0 aliphatic rings. The minimum atomic E-state index is -0.519. The van der Waals surface area contributed by atoms with Crippen molar-refractivity contribution >= 4 is 22.8 Å². The molecule has 1 aromatic heterocycles. The van der Waals surface area contributed by atoms with Gasteiger partial charge in [0.1, 0.15) is 0 Å². The molecule has 0 radical (unpaired) electrons. The third-order valence-electron chi connectivity index (χ3n) is 2.93. The molecule has 0 spiro atoms. The van der Waals surface area contributed by atoms with E-state index in [0.29, 0.717) is 5.56 Å². The van der Waals surface area contributed by atoms with E-state index in [-0.39, 0.29) is 12.5 Å². The van der Waals surface area contributed by atoms with Gasteiger partial charge in [-0.05, 0) is 32.0 Å². The Labute approximate surface area is 117 Å². The van der Waals surface area contributed by atoms with Crippen molar-refractivity contribution in [2.75, 3.05) is 13.7 Å². The average molecular weight is 272 g/mol. The fourth-order valence-corrected chi connectivity index (χ4v) is 1.92. The monoisotopic (exact) mass is 272 g/mol. The van der Waals surface area contributed by atoms with Gasteiger partial charge >= 0.3 is 5.97 Å². The van der Waals surface area contributed by atoms with Gasteiger partial charge in [0.05, 0.1) is 11.1 Å². The van der Waals surface area contributed by atoms with Gasteiger partial charge in [0.25, 0.3) is 5.91 Å². The Morgan fingerprint density at radius 2 is 2.00 bits per heavy atom. The first kappa shape index (κ1) is 14.0. The highest BCUT2D eigenvalue weighted by molar-refractivity contribution is 6.04. The standard InChI is InChI=1S/C15H16N2O3/c1-9-4-5-13-11(6-9)12(7-10(2)17-13)15(19)20-8-14(18)16-3/h4-7H,8H2,1-3H3,(H,16,18). The normalized spacial score (nSPS) is 10.3. The Morgan fingerprint density at radius 3 is 2.70 bits per heavy atom. The molecule has 5 heteroatoms. The number of likely N-dealkylation sites (N-methyl/N-ethyl adjacent to an activating group) is 1. The number of fused-ring (bicyclic) bond motifs is 1. The van der Waals surface area contributed by atoms with E-state index in [1.54, 1.807) is 6.07 Å². The van der Waals surface area contributed by atoms with E-state index in [1.807, 2.05) is 32.0 Å². The van der Waals surface area contributed by atoms with Gasteiger partial charge in [0.15, 0.2) is 6.61 Å². The highest BCUT2D eigenvalue weighted by Crippen LogP contribution is 2.20. The minimum absolute atomic E-state index is 0.288. The first-order valence-electron chi connectivity index (χ1n) is 6.27. The fraction of sp³-hybridized carbons (Fsp3) is 0.267. The number of hydrogen-bond acceptors (Lipinski definition) is 4. The number of pyridine rings is 1. The van der Waals surface area contributed by atoms with Gasteiger partial charge in [-0.25, -0.2) is 4.79 Å². The van der Waals surface area contributed by atoms with E-state index < -0.39 is 5.97 Å². The SMILES string of the molecule is CNC(=O)COC(=O)c1cc(C)nc2ccc(C)cc12. The van der Waals surface area contributed by atoms with Crippen molar-refractivity contribution in [2.45, 2.75) is 13.8 Å². The van der Waals surface area contributed by atoms with Gasteiger partial charge in [0.2, 0.25) is 0 Å². The summed E-state index contributed by atoms with van der Waals surface area (Å²) >= 11 is 0. The lowest BCUT2D eigenvalue weighted by Gasteiger charge is -2.08. The molecule has 2 rings (SSSR count). The van der Waals surface area contributed by atoms with E-state index in [1.165, 1.54) is 7.05 Å². The van der Waals surface area contributed by atoms with Crippen molar-refractivity contribution in [1.82, 2.24) is 10.3 Å². The van der Waals surface area contributed by atoms with Crippen LogP contribution in [0.1, 0.15) is 21.6 Å². The molecule has 0 fully saturated rings. The van der Waals surface area contributed by atoms with Crippen LogP contribution in [0.5, 0.6) is 0 Å². The van der Waals surface area contributed by atoms with Crippen LogP contribution >= 0.6 is 0 Å². The number of hydrogen-bond donors (Lipinski definition) is 1. The van der Waals surface area contributed by atoms with E-state index >= 15 is 0 Å². The lowest BCUT2D eigenvalue weighted by atomic mass is 10.1. The molecule has 1 aromatic carbocycles. The fourth-order valence-electron chi connectivity index (χ4n) is 1.92. The van der Waals surface area contributed by atoms with Crippen LogP contribution in [0.4, 0.5) is 0 Å². The van der Waals surface area contributed by atoms with Crippen LogP contribution in [0, 0.1) is 13.8 Å². The molecule has 1 amide bonds. The second-order valence-electron chi connectivity index (χ2n) is 4.58. The van der Waals surface area contributed by atoms with Crippen molar-refractivity contribution in [1.29, 1.82) is 0 Å². The maximum atomic E-state index is 12.1. The van der Waals surface area contributed by atoms with Crippen LogP contribution in [-0.4, -0.2) is 30.5 Å². The molecule has 5 nitrogen and oxygen atoms in total. The van der Waals surface area contributed by atoms with E-state index in [4.69, 9.17) is 4.74 Å². The summed E-state index contributed by atoms with van der Waals surface area (Å²) in [5.74, 6) is -0.862. The second kappa shape index (κ2) is 5.69. The number of nitrogens with zero attached hydrogens (tertiary/aromatic N) is 1. The van der Waals surface area contributed by atoms with Crippen LogP contribution in [0.3, 0.4) is 0 Å². The van der Waals surface area contributed by atoms with Crippen molar-refractivity contribution in [2.24, 2.45) is 0 Å². The molecule has 0 atom stereocenters. The number of rotatable bonds is 3. The lowest BCUT2D eigenvalue weighted by Crippen LogP contribution is -2.25. The van der Waals surface area contributed by atoms with Gasteiger partial charge in [-0.15, -0.1) is 0 Å². The number of ether oxygens (including phenoxy) is 1. The lowest BCUT2D eigenvalue weighted by molar-refractivity contribution is -0.123. The third-order valence-corrected chi connectivity index (χ3v) is 2.93. The number of carbonyl (C=O) groups excluding carboxylic acids is 2. The predicted octanol–water partition coefficient (Wildman–Crippen LogP) is 1.75. The molecule has 104 valence electrons. The maximum absolute atomic E-state index is 12.1. The highest BCUT2D eigenvalue weighted by Gasteiger charge is 2.14. The number of esters is 1. The predicted molar refractivity (Wildman–Crippen MR) is 75.6 cm³/mol. The molecule has 1 N–H and O–H groups in total. The molecular formula is C15H16N2O3. The molecule has 0 aliphatic heterocycles. The highest BCUT2D eigenvalue weighted by atomic mass is 16.5. The smallest absolute Gasteiger partial charge is 0.339 e. The Balaban J connectivity index is 2.39. The first-order valence-corrected chi connectivity index (χ1v) is 6.27. The quantitative estimate of drug-likeness (QED) is 0.864. The summed E-state index contributed by atoms with van der Waals surface area (Å²) in [6.45, 7) is 3.47. The number of carbonyl (C=O) groups is 2. The van der Waals surface area contributed by atoms with Crippen LogP contribution in [0.15, 0.2) is 24.3 Å². The van der Waals surface area contributed by atoms with Crippen molar-refractivity contribution in [3.05, 3.63) is 41.1 Å². The Bertz CT molecular complexity index is 680. The van der Waals surface area contributed by atoms with Crippen LogP contribution in [0.2, 0.25) is 0 Å². The van der Waals surface area contributed by atoms with E-state index in [9.17, 15) is 9.59 Å². The summed E-state index contributed by atoms with van der Waals surface area (Å²) in [7, 11) is 1.49. The molecule has 0 saturated carbocycles. The van der Waals surface area contributed by atoms with Crippen LogP contribution in [0.25, 0.3) is 10.9 Å². The number of amides is 1. The van der Waals surface area contributed by atoms with Crippen molar-refractivity contribution in [3.63, 3.8) is 0 Å². The molecule has 0 saturated heterocycles. The zero-order valence-corrected chi connectivity index (χ0v) is 11.7. The summed E-state index contributed by atoms with van der Waals surface area (Å²) in [6.07, 6.45) is 0. The summed E-state index contributed by atoms with van der Waals surface area (Å²) in [5, 5.41) is 3.13. The second-order valence-corrected chi connectivity index (χ2v) is 4.58. The van der Waals surface area contributed by atoms with Gasteiger partial charge in [0, 0.05) is 18.1 Å². The van der Waals surface area contributed by atoms with Crippen LogP contribution in [-0.2, 0) is 9.53 Å². The Hall–Kier alpha value is -2.43. The molecule has 0 bridgehead atoms. The van der Waals surface area contributed by atoms with Gasteiger partial charge in [-0.3, -0.25) is 9.78 Å². The Kier molecular flexibility index (Phi) is 3.98. The minimum Gasteiger partial charge on any atom is -0.452 e. The first-order chi connectivity index (χ1) is 9.51. The van der Waals surface area contributed by atoms with Crippen molar-refractivity contribution in [3.8, 4) is 0 Å². The summed E-state index contributed by atoms with van der Waals surface area (Å²) < 4.78 is 5.00. The molecule has 0 unspecified atom stereocenters. The third kappa shape index (κ3) is 2.93. The topological polar surface area (TPSA) is 68.3 Å².